The minimum absolute atomic E-state index is 0.110. The minimum atomic E-state index is -0.520. The highest BCUT2D eigenvalue weighted by Gasteiger charge is 2.17. The summed E-state index contributed by atoms with van der Waals surface area (Å²) in [6, 6.07) is 4.60. The minimum Gasteiger partial charge on any atom is -0.462 e. The van der Waals surface area contributed by atoms with Crippen LogP contribution >= 0.6 is 27.5 Å². The number of alkyl halides is 1. The summed E-state index contributed by atoms with van der Waals surface area (Å²) in [5.74, 6) is -0.630. The molecule has 0 fully saturated rings. The van der Waals surface area contributed by atoms with Gasteiger partial charge in [-0.15, -0.1) is 0 Å². The van der Waals surface area contributed by atoms with Crippen molar-refractivity contribution in [3.05, 3.63) is 34.3 Å². The van der Waals surface area contributed by atoms with Crippen LogP contribution in [0, 0.1) is 0 Å². The van der Waals surface area contributed by atoms with E-state index in [2.05, 4.69) is 15.9 Å². The third kappa shape index (κ3) is 3.82. The quantitative estimate of drug-likeness (QED) is 0.474. The van der Waals surface area contributed by atoms with Crippen LogP contribution in [0.5, 0.6) is 0 Å². The summed E-state index contributed by atoms with van der Waals surface area (Å²) >= 11 is 9.01. The number of carbonyl (C=O) groups is 2. The highest BCUT2D eigenvalue weighted by molar-refractivity contribution is 9.09. The number of Topliss-reactive ketones (excluding diaryl/α,β-unsaturated/α-hetero) is 1. The van der Waals surface area contributed by atoms with E-state index in [0.29, 0.717) is 22.3 Å². The summed E-state index contributed by atoms with van der Waals surface area (Å²) in [5.41, 5.74) is 0.581. The van der Waals surface area contributed by atoms with Crippen LogP contribution in [-0.2, 0) is 4.74 Å². The Morgan fingerprint density at radius 3 is 2.65 bits per heavy atom. The molecule has 0 amide bonds. The van der Waals surface area contributed by atoms with Crippen molar-refractivity contribution in [2.24, 2.45) is 0 Å². The molecule has 0 unspecified atom stereocenters. The molecule has 0 aliphatic rings. The van der Waals surface area contributed by atoms with E-state index in [9.17, 15) is 9.59 Å². The normalized spacial score (nSPS) is 10.1. The first-order chi connectivity index (χ1) is 8.10. The van der Waals surface area contributed by atoms with Crippen LogP contribution in [0.1, 0.15) is 34.1 Å². The summed E-state index contributed by atoms with van der Waals surface area (Å²) in [6.45, 7) is 1.97. The third-order valence-electron chi connectivity index (χ3n) is 2.10. The van der Waals surface area contributed by atoms with Crippen LogP contribution in [0.15, 0.2) is 18.2 Å². The molecule has 1 aromatic rings. The molecular weight excluding hydrogens is 307 g/mol. The lowest BCUT2D eigenvalue weighted by atomic mass is 10.0. The monoisotopic (exact) mass is 318 g/mol. The number of benzene rings is 1. The van der Waals surface area contributed by atoms with Gasteiger partial charge in [-0.2, -0.15) is 0 Å². The molecule has 5 heteroatoms. The number of rotatable bonds is 5. The van der Waals surface area contributed by atoms with E-state index in [1.54, 1.807) is 19.1 Å². The first-order valence-corrected chi connectivity index (χ1v) is 6.66. The van der Waals surface area contributed by atoms with E-state index >= 15 is 0 Å². The maximum atomic E-state index is 11.8. The summed E-state index contributed by atoms with van der Waals surface area (Å²) < 4.78 is 4.89. The van der Waals surface area contributed by atoms with E-state index in [-0.39, 0.29) is 18.0 Å². The summed E-state index contributed by atoms with van der Waals surface area (Å²) in [6.07, 6.45) is 0.327. The fourth-order valence-corrected chi connectivity index (χ4v) is 1.89. The Morgan fingerprint density at radius 2 is 2.06 bits per heavy atom. The van der Waals surface area contributed by atoms with Gasteiger partial charge in [0.05, 0.1) is 12.2 Å². The average molecular weight is 320 g/mol. The van der Waals surface area contributed by atoms with Gasteiger partial charge >= 0.3 is 5.97 Å². The zero-order valence-electron chi connectivity index (χ0n) is 9.33. The van der Waals surface area contributed by atoms with Crippen LogP contribution in [0.25, 0.3) is 0 Å². The number of carbonyl (C=O) groups excluding carboxylic acids is 2. The van der Waals surface area contributed by atoms with Gasteiger partial charge in [0, 0.05) is 22.3 Å². The molecule has 0 aromatic heterocycles. The zero-order valence-corrected chi connectivity index (χ0v) is 11.7. The second-order valence-electron chi connectivity index (χ2n) is 3.27. The van der Waals surface area contributed by atoms with Crippen molar-refractivity contribution in [1.82, 2.24) is 0 Å². The Balaban J connectivity index is 3.11. The molecule has 0 heterocycles. The first kappa shape index (κ1) is 14.2. The first-order valence-electron chi connectivity index (χ1n) is 5.16. The average Bonchev–Trinajstić information content (AvgIpc) is 2.29. The van der Waals surface area contributed by atoms with Gasteiger partial charge in [-0.25, -0.2) is 4.79 Å². The molecular formula is C12H12BrClO3. The molecule has 0 bridgehead atoms. The van der Waals surface area contributed by atoms with E-state index < -0.39 is 5.97 Å². The van der Waals surface area contributed by atoms with Crippen LogP contribution in [0.2, 0.25) is 5.02 Å². The van der Waals surface area contributed by atoms with Gasteiger partial charge in [0.25, 0.3) is 0 Å². The van der Waals surface area contributed by atoms with E-state index in [1.807, 2.05) is 0 Å². The number of ketones is 1. The molecule has 0 aliphatic carbocycles. The maximum Gasteiger partial charge on any atom is 0.338 e. The molecule has 0 N–H and O–H groups in total. The Bertz CT molecular complexity index is 432. The lowest BCUT2D eigenvalue weighted by molar-refractivity contribution is 0.0523. The molecule has 0 saturated carbocycles. The van der Waals surface area contributed by atoms with Crippen LogP contribution in [-0.4, -0.2) is 23.7 Å². The molecule has 1 rings (SSSR count). The standard InChI is InChI=1S/C12H12BrClO3/c1-2-17-12(16)10-7-8(14)3-4-9(10)11(15)5-6-13/h3-4,7H,2,5-6H2,1H3. The largest absolute Gasteiger partial charge is 0.462 e. The molecule has 17 heavy (non-hydrogen) atoms. The van der Waals surface area contributed by atoms with Gasteiger partial charge in [0.15, 0.2) is 5.78 Å². The topological polar surface area (TPSA) is 43.4 Å². The van der Waals surface area contributed by atoms with Crippen LogP contribution in [0.3, 0.4) is 0 Å². The Kier molecular flexibility index (Phi) is 5.65. The Morgan fingerprint density at radius 1 is 1.35 bits per heavy atom. The molecule has 0 radical (unpaired) electrons. The fourth-order valence-electron chi connectivity index (χ4n) is 1.36. The molecule has 0 spiro atoms. The third-order valence-corrected chi connectivity index (χ3v) is 2.73. The van der Waals surface area contributed by atoms with Crippen LogP contribution < -0.4 is 0 Å². The van der Waals surface area contributed by atoms with Gasteiger partial charge in [-0.3, -0.25) is 4.79 Å². The van der Waals surface area contributed by atoms with Gasteiger partial charge in [0.2, 0.25) is 0 Å². The molecule has 0 saturated heterocycles. The second kappa shape index (κ2) is 6.77. The van der Waals surface area contributed by atoms with E-state index in [1.165, 1.54) is 6.07 Å². The van der Waals surface area contributed by atoms with E-state index in [4.69, 9.17) is 16.3 Å². The van der Waals surface area contributed by atoms with Crippen molar-refractivity contribution >= 4 is 39.3 Å². The Hall–Kier alpha value is -0.870. The predicted octanol–water partition coefficient (Wildman–Crippen LogP) is 3.48. The summed E-state index contributed by atoms with van der Waals surface area (Å²) in [5, 5.41) is 0.958. The highest BCUT2D eigenvalue weighted by atomic mass is 79.9. The second-order valence-corrected chi connectivity index (χ2v) is 4.50. The molecule has 1 aromatic carbocycles. The smallest absolute Gasteiger partial charge is 0.338 e. The molecule has 3 nitrogen and oxygen atoms in total. The molecule has 92 valence electrons. The van der Waals surface area contributed by atoms with Crippen molar-refractivity contribution in [2.75, 3.05) is 11.9 Å². The van der Waals surface area contributed by atoms with Crippen LogP contribution in [0.4, 0.5) is 0 Å². The lowest BCUT2D eigenvalue weighted by Gasteiger charge is -2.08. The molecule has 0 aliphatic heterocycles. The van der Waals surface area contributed by atoms with Gasteiger partial charge < -0.3 is 4.74 Å². The van der Waals surface area contributed by atoms with Gasteiger partial charge in [0.1, 0.15) is 0 Å². The van der Waals surface area contributed by atoms with Gasteiger partial charge in [-0.05, 0) is 25.1 Å². The zero-order chi connectivity index (χ0) is 12.8. The van der Waals surface area contributed by atoms with Crippen molar-refractivity contribution in [3.8, 4) is 0 Å². The maximum absolute atomic E-state index is 11.8. The Labute approximate surface area is 113 Å². The SMILES string of the molecule is CCOC(=O)c1cc(Cl)ccc1C(=O)CCBr. The van der Waals surface area contributed by atoms with Crippen molar-refractivity contribution in [2.45, 2.75) is 13.3 Å². The number of ether oxygens (including phenoxy) is 1. The van der Waals surface area contributed by atoms with E-state index in [0.717, 1.165) is 0 Å². The number of halogens is 2. The number of hydrogen-bond acceptors (Lipinski definition) is 3. The van der Waals surface area contributed by atoms with Gasteiger partial charge in [-0.1, -0.05) is 27.5 Å². The predicted molar refractivity (Wildman–Crippen MR) is 70.2 cm³/mol. The van der Waals surface area contributed by atoms with Crippen molar-refractivity contribution in [3.63, 3.8) is 0 Å². The molecule has 0 atom stereocenters. The summed E-state index contributed by atoms with van der Waals surface area (Å²) in [4.78, 5) is 23.5. The van der Waals surface area contributed by atoms with Crippen molar-refractivity contribution in [1.29, 1.82) is 0 Å². The fraction of sp³-hybridized carbons (Fsp3) is 0.333. The number of hydrogen-bond donors (Lipinski definition) is 0. The summed E-state index contributed by atoms with van der Waals surface area (Å²) in [7, 11) is 0. The highest BCUT2D eigenvalue weighted by Crippen LogP contribution is 2.19. The lowest BCUT2D eigenvalue weighted by Crippen LogP contribution is -2.12. The van der Waals surface area contributed by atoms with Crippen molar-refractivity contribution < 1.29 is 14.3 Å². The number of esters is 1.